The summed E-state index contributed by atoms with van der Waals surface area (Å²) in [6.07, 6.45) is -0.745. The average molecular weight is 783 g/mol. The number of ether oxygens (including phenoxy) is 2. The van der Waals surface area contributed by atoms with E-state index in [9.17, 15) is 14.4 Å². The summed E-state index contributed by atoms with van der Waals surface area (Å²) in [5, 5.41) is 13.1. The summed E-state index contributed by atoms with van der Waals surface area (Å²) in [5.41, 5.74) is 9.05. The van der Waals surface area contributed by atoms with E-state index in [-0.39, 0.29) is 22.2 Å². The normalized spacial score (nSPS) is 16.9. The summed E-state index contributed by atoms with van der Waals surface area (Å²) in [6, 6.07) is 25.3. The number of carbonyl (C=O) groups excluding carboxylic acids is 3. The molecule has 5 aromatic rings. The number of aromatic nitrogens is 4. The summed E-state index contributed by atoms with van der Waals surface area (Å²) >= 11 is 3.96. The fourth-order valence-corrected chi connectivity index (χ4v) is 8.89. The number of amides is 2. The quantitative estimate of drug-likeness (QED) is 0.0557. The highest BCUT2D eigenvalue weighted by Crippen LogP contribution is 2.43. The van der Waals surface area contributed by atoms with Crippen LogP contribution in [0.1, 0.15) is 22.9 Å². The third-order valence-electron chi connectivity index (χ3n) is 8.57. The number of aryl methyl sites for hydroxylation is 1. The van der Waals surface area contributed by atoms with Crippen molar-refractivity contribution in [1.82, 2.24) is 30.0 Å². The first-order chi connectivity index (χ1) is 26.2. The van der Waals surface area contributed by atoms with Gasteiger partial charge in [0.05, 0.1) is 7.11 Å². The van der Waals surface area contributed by atoms with Crippen LogP contribution in [0.2, 0.25) is 0 Å². The van der Waals surface area contributed by atoms with Gasteiger partial charge in [-0.15, -0.1) is 23.1 Å². The molecular weight excluding hydrogens is 749 g/mol. The Kier molecular flexibility index (Phi) is 11.0. The number of thiazole rings is 1. The van der Waals surface area contributed by atoms with Gasteiger partial charge in [-0.05, 0) is 41.0 Å². The smallest absolute Gasteiger partial charge is 0.356 e. The maximum Gasteiger partial charge on any atom is 0.356 e. The summed E-state index contributed by atoms with van der Waals surface area (Å²) in [6.45, 7) is 0. The molecule has 14 nitrogen and oxygen atoms in total. The molecular formula is C37H34N8O6S3. The van der Waals surface area contributed by atoms with E-state index in [2.05, 4.69) is 20.6 Å². The second kappa shape index (κ2) is 16.2. The molecule has 17 heteroatoms. The third kappa shape index (κ3) is 7.55. The van der Waals surface area contributed by atoms with E-state index in [1.807, 2.05) is 84.9 Å². The third-order valence-corrected chi connectivity index (χ3v) is 11.7. The summed E-state index contributed by atoms with van der Waals surface area (Å²) in [7, 11) is 4.71. The maximum atomic E-state index is 14.5. The molecule has 3 aromatic carbocycles. The largest absolute Gasteiger partial charge is 0.497 e. The lowest BCUT2D eigenvalue weighted by Gasteiger charge is -2.49. The van der Waals surface area contributed by atoms with Crippen LogP contribution >= 0.6 is 34.9 Å². The SMILES string of the molecule is CO/N=C(/C(=O)N[C@@H]1C(=O)N2C(C(=O)OC(c3ccccc3)c3ccccc3)=C(CSc3nc(-c4ccc(OC)cc4)nn3C)CSC12)c1csc(N)n1. The van der Waals surface area contributed by atoms with E-state index >= 15 is 0 Å². The van der Waals surface area contributed by atoms with Crippen LogP contribution in [-0.4, -0.2) is 85.3 Å². The molecule has 1 unspecified atom stereocenters. The van der Waals surface area contributed by atoms with Crippen LogP contribution in [0, 0.1) is 0 Å². The number of β-lactam (4-membered cyclic amide) rings is 1. The van der Waals surface area contributed by atoms with Crippen LogP contribution < -0.4 is 15.8 Å². The molecule has 1 saturated heterocycles. The van der Waals surface area contributed by atoms with Crippen molar-refractivity contribution >= 4 is 63.5 Å². The lowest BCUT2D eigenvalue weighted by Crippen LogP contribution is -2.71. The molecule has 3 N–H and O–H groups in total. The number of nitrogen functional groups attached to an aromatic ring is 1. The minimum atomic E-state index is -0.956. The lowest BCUT2D eigenvalue weighted by molar-refractivity contribution is -0.154. The van der Waals surface area contributed by atoms with Crippen molar-refractivity contribution in [3.05, 3.63) is 118 Å². The van der Waals surface area contributed by atoms with E-state index in [4.69, 9.17) is 25.0 Å². The second-order valence-corrected chi connectivity index (χ2v) is 14.9. The number of esters is 1. The first kappa shape index (κ1) is 36.7. The number of nitrogens with zero attached hydrogens (tertiary/aromatic N) is 6. The highest BCUT2D eigenvalue weighted by atomic mass is 32.2. The number of oxime groups is 1. The van der Waals surface area contributed by atoms with E-state index in [0.717, 1.165) is 33.8 Å². The Labute approximate surface area is 322 Å². The van der Waals surface area contributed by atoms with Crippen LogP contribution in [0.4, 0.5) is 5.13 Å². The molecule has 0 spiro atoms. The number of thioether (sulfide) groups is 2. The molecule has 0 radical (unpaired) electrons. The number of hydrogen-bond acceptors (Lipinski definition) is 14. The van der Waals surface area contributed by atoms with E-state index in [0.29, 0.717) is 28.1 Å². The Bertz CT molecular complexity index is 2190. The van der Waals surface area contributed by atoms with Gasteiger partial charge in [0.2, 0.25) is 0 Å². The lowest BCUT2D eigenvalue weighted by atomic mass is 10.0. The van der Waals surface area contributed by atoms with Crippen LogP contribution in [-0.2, 0) is 31.0 Å². The molecule has 0 saturated carbocycles. The zero-order chi connectivity index (χ0) is 37.8. The number of anilines is 1. The van der Waals surface area contributed by atoms with Gasteiger partial charge in [0.15, 0.2) is 27.9 Å². The Morgan fingerprint density at radius 3 is 2.31 bits per heavy atom. The summed E-state index contributed by atoms with van der Waals surface area (Å²) in [4.78, 5) is 57.1. The van der Waals surface area contributed by atoms with Crippen LogP contribution in [0.15, 0.2) is 112 Å². The molecule has 7 rings (SSSR count). The molecule has 54 heavy (non-hydrogen) atoms. The number of nitrogens with one attached hydrogen (secondary N) is 1. The average Bonchev–Trinajstić information content (AvgIpc) is 3.81. The number of nitrogens with two attached hydrogens (primary N) is 1. The van der Waals surface area contributed by atoms with Crippen molar-refractivity contribution in [3.63, 3.8) is 0 Å². The molecule has 2 aliphatic rings. The van der Waals surface area contributed by atoms with E-state index < -0.39 is 35.3 Å². The molecule has 2 amide bonds. The van der Waals surface area contributed by atoms with E-state index in [1.165, 1.54) is 35.5 Å². The van der Waals surface area contributed by atoms with Crippen molar-refractivity contribution in [3.8, 4) is 17.1 Å². The van der Waals surface area contributed by atoms with Gasteiger partial charge in [-0.3, -0.25) is 14.5 Å². The first-order valence-corrected chi connectivity index (χ1v) is 19.5. The molecule has 4 heterocycles. The van der Waals surface area contributed by atoms with Crippen LogP contribution in [0.5, 0.6) is 5.75 Å². The van der Waals surface area contributed by atoms with Gasteiger partial charge in [0.1, 0.15) is 35.7 Å². The summed E-state index contributed by atoms with van der Waals surface area (Å²) in [5.74, 6) is 0.154. The van der Waals surface area contributed by atoms with Crippen molar-refractivity contribution < 1.29 is 28.7 Å². The van der Waals surface area contributed by atoms with Gasteiger partial charge in [-0.25, -0.2) is 19.4 Å². The molecule has 276 valence electrons. The number of benzene rings is 3. The van der Waals surface area contributed by atoms with Gasteiger partial charge in [-0.1, -0.05) is 77.6 Å². The van der Waals surface area contributed by atoms with Crippen LogP contribution in [0.25, 0.3) is 11.4 Å². The highest BCUT2D eigenvalue weighted by molar-refractivity contribution is 8.01. The van der Waals surface area contributed by atoms with Crippen molar-refractivity contribution in [2.75, 3.05) is 31.5 Å². The monoisotopic (exact) mass is 782 g/mol. The predicted molar refractivity (Wildman–Crippen MR) is 207 cm³/mol. The van der Waals surface area contributed by atoms with Gasteiger partial charge in [-0.2, -0.15) is 5.10 Å². The Hall–Kier alpha value is -5.65. The number of fused-ring (bicyclic) bond motifs is 1. The summed E-state index contributed by atoms with van der Waals surface area (Å²) < 4.78 is 13.3. The number of hydrogen-bond donors (Lipinski definition) is 2. The van der Waals surface area contributed by atoms with Crippen molar-refractivity contribution in [2.24, 2.45) is 12.2 Å². The fourth-order valence-electron chi connectivity index (χ4n) is 5.94. The standard InChI is InChI=1S/C37H34N8O6S3/c1-44-37(41-31(42-44)23-14-16-25(49-2)17-15-23)54-19-24-18-52-34-28(40-32(46)27(43-50-3)26-20-53-36(38)39-26)33(47)45(34)29(24)35(48)51-30(21-10-6-4-7-11-21)22-12-8-5-9-13-22/h4-17,20,28,30,34H,18-19H2,1-3H3,(H2,38,39)(H,40,46)/b43-27+/t28-,34?/m1/s1. The number of rotatable bonds is 13. The first-order valence-electron chi connectivity index (χ1n) is 16.5. The van der Waals surface area contributed by atoms with E-state index in [1.54, 1.807) is 24.2 Å². The zero-order valence-corrected chi connectivity index (χ0v) is 31.7. The molecule has 2 aliphatic heterocycles. The predicted octanol–water partition coefficient (Wildman–Crippen LogP) is 4.66. The Morgan fingerprint density at radius 2 is 1.70 bits per heavy atom. The number of methoxy groups -OCH3 is 1. The zero-order valence-electron chi connectivity index (χ0n) is 29.2. The fraction of sp³-hybridized carbons (Fsp3) is 0.216. The van der Waals surface area contributed by atoms with Gasteiger partial charge in [0.25, 0.3) is 11.8 Å². The van der Waals surface area contributed by atoms with Gasteiger partial charge >= 0.3 is 5.97 Å². The van der Waals surface area contributed by atoms with Crippen molar-refractivity contribution in [1.29, 1.82) is 0 Å². The molecule has 2 atom stereocenters. The molecule has 1 fully saturated rings. The molecule has 0 aliphatic carbocycles. The Balaban J connectivity index is 1.18. The highest BCUT2D eigenvalue weighted by Gasteiger charge is 2.55. The van der Waals surface area contributed by atoms with Crippen LogP contribution in [0.3, 0.4) is 0 Å². The molecule has 2 aromatic heterocycles. The Morgan fingerprint density at radius 1 is 1.02 bits per heavy atom. The number of carbonyl (C=O) groups is 3. The van der Waals surface area contributed by atoms with Gasteiger partial charge in [0, 0.05) is 29.5 Å². The topological polar surface area (TPSA) is 176 Å². The maximum absolute atomic E-state index is 14.5. The second-order valence-electron chi connectivity index (χ2n) is 12.0. The van der Waals surface area contributed by atoms with Crippen molar-refractivity contribution in [2.45, 2.75) is 22.7 Å². The minimum Gasteiger partial charge on any atom is -0.497 e. The minimum absolute atomic E-state index is 0.129. The van der Waals surface area contributed by atoms with Gasteiger partial charge < -0.3 is 25.4 Å². The molecule has 0 bridgehead atoms.